The topological polar surface area (TPSA) is 66.5 Å². The fourth-order valence-corrected chi connectivity index (χ4v) is 4.19. The molecule has 0 radical (unpaired) electrons. The highest BCUT2D eigenvalue weighted by molar-refractivity contribution is 7.89. The Balaban J connectivity index is 2.31. The maximum absolute atomic E-state index is 14.2. The van der Waals surface area contributed by atoms with Crippen molar-refractivity contribution in [3.8, 4) is 0 Å². The Morgan fingerprint density at radius 3 is 2.19 bits per heavy atom. The summed E-state index contributed by atoms with van der Waals surface area (Å²) >= 11 is 0. The van der Waals surface area contributed by atoms with Crippen LogP contribution in [-0.2, 0) is 10.0 Å². The molecular weight excluding hydrogens is 367 g/mol. The van der Waals surface area contributed by atoms with E-state index in [9.17, 15) is 17.6 Å². The van der Waals surface area contributed by atoms with Crippen molar-refractivity contribution in [1.82, 2.24) is 4.31 Å². The van der Waals surface area contributed by atoms with Gasteiger partial charge in [0.05, 0.1) is 10.5 Å². The van der Waals surface area contributed by atoms with Crippen LogP contribution in [0.2, 0.25) is 0 Å². The highest BCUT2D eigenvalue weighted by Gasteiger charge is 2.24. The number of nitrogens with one attached hydrogen (secondary N) is 1. The fraction of sp³-hybridized carbons (Fsp3) is 0.350. The molecule has 0 saturated heterocycles. The molecule has 1 amide bonds. The number of benzene rings is 2. The zero-order chi connectivity index (χ0) is 20.2. The summed E-state index contributed by atoms with van der Waals surface area (Å²) in [6, 6.07) is 10.5. The van der Waals surface area contributed by atoms with E-state index in [0.29, 0.717) is 24.7 Å². The van der Waals surface area contributed by atoms with Crippen molar-refractivity contribution in [2.45, 2.75) is 38.5 Å². The zero-order valence-electron chi connectivity index (χ0n) is 16.0. The summed E-state index contributed by atoms with van der Waals surface area (Å²) in [6.45, 7) is 8.15. The number of halogens is 1. The van der Waals surface area contributed by atoms with Gasteiger partial charge in [-0.15, -0.1) is 0 Å². The Hall–Kier alpha value is -2.25. The molecule has 0 aliphatic heterocycles. The van der Waals surface area contributed by atoms with Gasteiger partial charge in [-0.25, -0.2) is 12.8 Å². The molecule has 0 aromatic heterocycles. The minimum Gasteiger partial charge on any atom is -0.322 e. The second-order valence-corrected chi connectivity index (χ2v) is 8.40. The van der Waals surface area contributed by atoms with Crippen LogP contribution in [0.15, 0.2) is 47.4 Å². The Kier molecular flexibility index (Phi) is 6.73. The molecule has 0 aliphatic rings. The molecule has 5 nitrogen and oxygen atoms in total. The standard InChI is InChI=1S/C20H25FN2O3S/c1-5-23(6-2)27(25,26)17-11-12-19(21)18(13-17)20(24)22-16-9-7-15(8-10-16)14(3)4/h7-14H,5-6H2,1-4H3,(H,22,24). The average molecular weight is 392 g/mol. The number of nitrogens with zero attached hydrogens (tertiary/aromatic N) is 1. The van der Waals surface area contributed by atoms with E-state index in [2.05, 4.69) is 19.2 Å². The molecule has 146 valence electrons. The van der Waals surface area contributed by atoms with Crippen molar-refractivity contribution in [1.29, 1.82) is 0 Å². The van der Waals surface area contributed by atoms with Crippen LogP contribution in [-0.4, -0.2) is 31.7 Å². The second kappa shape index (κ2) is 8.63. The summed E-state index contributed by atoms with van der Waals surface area (Å²) < 4.78 is 40.7. The number of hydrogen-bond acceptors (Lipinski definition) is 3. The second-order valence-electron chi connectivity index (χ2n) is 6.46. The number of amides is 1. The van der Waals surface area contributed by atoms with E-state index in [1.54, 1.807) is 26.0 Å². The molecule has 0 spiro atoms. The van der Waals surface area contributed by atoms with Gasteiger partial charge in [0.1, 0.15) is 5.82 Å². The summed E-state index contributed by atoms with van der Waals surface area (Å²) in [4.78, 5) is 12.4. The predicted molar refractivity (Wildman–Crippen MR) is 105 cm³/mol. The number of rotatable bonds is 7. The normalized spacial score (nSPS) is 11.8. The van der Waals surface area contributed by atoms with Crippen molar-refractivity contribution in [2.24, 2.45) is 0 Å². The highest BCUT2D eigenvalue weighted by Crippen LogP contribution is 2.21. The first-order valence-electron chi connectivity index (χ1n) is 8.91. The van der Waals surface area contributed by atoms with Crippen LogP contribution in [0.4, 0.5) is 10.1 Å². The Morgan fingerprint density at radius 1 is 1.07 bits per heavy atom. The van der Waals surface area contributed by atoms with Crippen molar-refractivity contribution in [3.05, 3.63) is 59.4 Å². The average Bonchev–Trinajstić information content (AvgIpc) is 2.63. The minimum atomic E-state index is -3.78. The third kappa shape index (κ3) is 4.73. The van der Waals surface area contributed by atoms with Gasteiger partial charge >= 0.3 is 0 Å². The highest BCUT2D eigenvalue weighted by atomic mass is 32.2. The number of carbonyl (C=O) groups is 1. The molecule has 2 aromatic rings. The van der Waals surface area contributed by atoms with Crippen molar-refractivity contribution in [3.63, 3.8) is 0 Å². The number of hydrogen-bond donors (Lipinski definition) is 1. The van der Waals surface area contributed by atoms with Gasteiger partial charge < -0.3 is 5.32 Å². The third-order valence-electron chi connectivity index (χ3n) is 4.36. The van der Waals surface area contributed by atoms with Crippen molar-refractivity contribution >= 4 is 21.6 Å². The Labute approximate surface area is 160 Å². The van der Waals surface area contributed by atoms with E-state index in [4.69, 9.17) is 0 Å². The van der Waals surface area contributed by atoms with Crippen molar-refractivity contribution < 1.29 is 17.6 Å². The van der Waals surface area contributed by atoms with E-state index < -0.39 is 21.7 Å². The summed E-state index contributed by atoms with van der Waals surface area (Å²) in [5.41, 5.74) is 1.32. The van der Waals surface area contributed by atoms with Gasteiger partial charge in [0.15, 0.2) is 0 Å². The Bertz CT molecular complexity index is 905. The largest absolute Gasteiger partial charge is 0.322 e. The maximum Gasteiger partial charge on any atom is 0.258 e. The molecule has 0 bridgehead atoms. The SMILES string of the molecule is CCN(CC)S(=O)(=O)c1ccc(F)c(C(=O)Nc2ccc(C(C)C)cc2)c1. The molecule has 0 atom stereocenters. The monoisotopic (exact) mass is 392 g/mol. The van der Waals surface area contributed by atoms with Gasteiger partial charge in [0.2, 0.25) is 10.0 Å². The van der Waals surface area contributed by atoms with Gasteiger partial charge in [-0.2, -0.15) is 4.31 Å². The summed E-state index contributed by atoms with van der Waals surface area (Å²) in [7, 11) is -3.78. The fourth-order valence-electron chi connectivity index (χ4n) is 2.70. The molecule has 2 aromatic carbocycles. The van der Waals surface area contributed by atoms with E-state index in [0.717, 1.165) is 17.7 Å². The molecule has 1 N–H and O–H groups in total. The van der Waals surface area contributed by atoms with Gasteiger partial charge in [0, 0.05) is 18.8 Å². The van der Waals surface area contributed by atoms with Gasteiger partial charge in [-0.1, -0.05) is 39.8 Å². The molecule has 0 saturated carbocycles. The molecule has 0 heterocycles. The van der Waals surface area contributed by atoms with Gasteiger partial charge in [-0.3, -0.25) is 4.79 Å². The lowest BCUT2D eigenvalue weighted by Gasteiger charge is -2.19. The van der Waals surface area contributed by atoms with E-state index in [1.165, 1.54) is 10.4 Å². The summed E-state index contributed by atoms with van der Waals surface area (Å²) in [5, 5.41) is 2.61. The quantitative estimate of drug-likeness (QED) is 0.767. The summed E-state index contributed by atoms with van der Waals surface area (Å²) in [5.74, 6) is -1.11. The molecule has 0 unspecified atom stereocenters. The van der Waals surface area contributed by atoms with Crippen LogP contribution in [0, 0.1) is 5.82 Å². The first-order valence-corrected chi connectivity index (χ1v) is 10.4. The summed E-state index contributed by atoms with van der Waals surface area (Å²) in [6.07, 6.45) is 0. The first-order chi connectivity index (χ1) is 12.7. The van der Waals surface area contributed by atoms with Crippen LogP contribution in [0.1, 0.15) is 49.5 Å². The lowest BCUT2D eigenvalue weighted by atomic mass is 10.0. The molecule has 2 rings (SSSR count). The van der Waals surface area contributed by atoms with Crippen LogP contribution in [0.5, 0.6) is 0 Å². The lowest BCUT2D eigenvalue weighted by Crippen LogP contribution is -2.31. The molecule has 0 fully saturated rings. The number of anilines is 1. The molecular formula is C20H25FN2O3S. The molecule has 7 heteroatoms. The maximum atomic E-state index is 14.2. The van der Waals surface area contributed by atoms with E-state index in [-0.39, 0.29) is 10.5 Å². The number of carbonyl (C=O) groups excluding carboxylic acids is 1. The molecule has 0 aliphatic carbocycles. The van der Waals surface area contributed by atoms with Gasteiger partial charge in [-0.05, 0) is 41.8 Å². The minimum absolute atomic E-state index is 0.104. The van der Waals surface area contributed by atoms with E-state index in [1.807, 2.05) is 12.1 Å². The van der Waals surface area contributed by atoms with Crippen molar-refractivity contribution in [2.75, 3.05) is 18.4 Å². The first kappa shape index (κ1) is 21.1. The molecule has 27 heavy (non-hydrogen) atoms. The van der Waals surface area contributed by atoms with Crippen LogP contribution < -0.4 is 5.32 Å². The van der Waals surface area contributed by atoms with Crippen LogP contribution >= 0.6 is 0 Å². The third-order valence-corrected chi connectivity index (χ3v) is 6.41. The zero-order valence-corrected chi connectivity index (χ0v) is 16.8. The lowest BCUT2D eigenvalue weighted by molar-refractivity contribution is 0.102. The smallest absolute Gasteiger partial charge is 0.258 e. The Morgan fingerprint density at radius 2 is 1.67 bits per heavy atom. The van der Waals surface area contributed by atoms with Crippen LogP contribution in [0.3, 0.4) is 0 Å². The predicted octanol–water partition coefficient (Wildman–Crippen LogP) is 4.23. The number of sulfonamides is 1. The van der Waals surface area contributed by atoms with Gasteiger partial charge in [0.25, 0.3) is 5.91 Å². The van der Waals surface area contributed by atoms with E-state index >= 15 is 0 Å². The van der Waals surface area contributed by atoms with Crippen LogP contribution in [0.25, 0.3) is 0 Å².